The van der Waals surface area contributed by atoms with Crippen LogP contribution in [0.1, 0.15) is 20.8 Å². The van der Waals surface area contributed by atoms with Crippen molar-refractivity contribution in [1.82, 2.24) is 20.1 Å². The zero-order valence-corrected chi connectivity index (χ0v) is 14.1. The molecular weight excluding hydrogens is 324 g/mol. The van der Waals surface area contributed by atoms with Crippen molar-refractivity contribution in [2.75, 3.05) is 36.9 Å². The molecule has 0 radical (unpaired) electrons. The number of aliphatic hydroxyl groups is 1. The molecule has 1 amide bonds. The molecule has 0 bridgehead atoms. The number of nitrogens with two attached hydrogens (primary N) is 1. The smallest absolute Gasteiger partial charge is 0.410 e. The third-order valence-corrected chi connectivity index (χ3v) is 3.53. The minimum atomic E-state index is -0.591. The van der Waals surface area contributed by atoms with Gasteiger partial charge in [-0.15, -0.1) is 10.2 Å². The monoisotopic (exact) mass is 344 g/mol. The zero-order valence-electron chi connectivity index (χ0n) is 13.4. The van der Waals surface area contributed by atoms with E-state index in [9.17, 15) is 9.90 Å². The minimum absolute atomic E-state index is 0.0415. The number of carbonyl (C=O) groups is 1. The lowest BCUT2D eigenvalue weighted by Gasteiger charge is -2.40. The number of carbonyl (C=O) groups excluding carboxylic acids is 1. The number of anilines is 2. The highest BCUT2D eigenvalue weighted by Crippen LogP contribution is 2.20. The Balaban J connectivity index is 2.09. The molecule has 0 spiro atoms. The lowest BCUT2D eigenvalue weighted by molar-refractivity contribution is 0.00693. The summed E-state index contributed by atoms with van der Waals surface area (Å²) in [4.78, 5) is 19.6. The number of halogens is 1. The van der Waals surface area contributed by atoms with Crippen LogP contribution < -0.4 is 10.6 Å². The van der Waals surface area contributed by atoms with Crippen LogP contribution in [0.4, 0.5) is 16.6 Å². The number of nitrogens with zero attached hydrogens (tertiary/aromatic N) is 5. The Bertz CT molecular complexity index is 579. The number of rotatable bonds is 2. The molecule has 1 aliphatic rings. The first kappa shape index (κ1) is 17.5. The summed E-state index contributed by atoms with van der Waals surface area (Å²) >= 11 is 5.71. The van der Waals surface area contributed by atoms with Crippen molar-refractivity contribution in [3.63, 3.8) is 0 Å². The molecule has 1 atom stereocenters. The van der Waals surface area contributed by atoms with Crippen LogP contribution in [0.15, 0.2) is 0 Å². The number of aromatic nitrogens is 3. The summed E-state index contributed by atoms with van der Waals surface area (Å²) < 4.78 is 5.36. The number of hydrogen-bond donors (Lipinski definition) is 2. The van der Waals surface area contributed by atoms with E-state index in [1.54, 1.807) is 25.7 Å². The van der Waals surface area contributed by atoms with E-state index >= 15 is 0 Å². The SMILES string of the molecule is CC(C)(C)OC(=O)N1CCN(c2nnc(Cl)c(N)n2)C[C@H]1CO. The molecule has 1 aliphatic heterocycles. The van der Waals surface area contributed by atoms with Crippen molar-refractivity contribution in [2.45, 2.75) is 32.4 Å². The summed E-state index contributed by atoms with van der Waals surface area (Å²) in [6.07, 6.45) is -0.453. The fourth-order valence-corrected chi connectivity index (χ4v) is 2.28. The molecule has 23 heavy (non-hydrogen) atoms. The number of nitrogen functional groups attached to an aromatic ring is 1. The van der Waals surface area contributed by atoms with Gasteiger partial charge in [0.05, 0.1) is 12.6 Å². The molecule has 0 saturated carbocycles. The first-order chi connectivity index (χ1) is 10.7. The van der Waals surface area contributed by atoms with Crippen LogP contribution in [-0.2, 0) is 4.74 Å². The predicted octanol–water partition coefficient (Wildman–Crippen LogP) is 0.525. The molecule has 1 fully saturated rings. The van der Waals surface area contributed by atoms with E-state index in [1.807, 2.05) is 0 Å². The molecule has 2 rings (SSSR count). The predicted molar refractivity (Wildman–Crippen MR) is 85.3 cm³/mol. The summed E-state index contributed by atoms with van der Waals surface area (Å²) in [5.74, 6) is 0.404. The Labute approximate surface area is 139 Å². The molecule has 0 aromatic carbocycles. The van der Waals surface area contributed by atoms with E-state index in [-0.39, 0.29) is 17.6 Å². The summed E-state index contributed by atoms with van der Waals surface area (Å²) in [7, 11) is 0. The fourth-order valence-electron chi connectivity index (χ4n) is 2.20. The normalized spacial score (nSPS) is 18.9. The molecule has 1 aromatic rings. The van der Waals surface area contributed by atoms with Gasteiger partial charge in [0.15, 0.2) is 11.0 Å². The Morgan fingerprint density at radius 3 is 2.70 bits per heavy atom. The van der Waals surface area contributed by atoms with Gasteiger partial charge in [-0.3, -0.25) is 4.90 Å². The summed E-state index contributed by atoms with van der Waals surface area (Å²) in [6, 6.07) is -0.431. The van der Waals surface area contributed by atoms with E-state index in [1.165, 1.54) is 4.90 Å². The van der Waals surface area contributed by atoms with Crippen LogP contribution >= 0.6 is 11.6 Å². The van der Waals surface area contributed by atoms with Gasteiger partial charge < -0.3 is 20.5 Å². The van der Waals surface area contributed by atoms with Gasteiger partial charge in [-0.25, -0.2) is 4.79 Å². The van der Waals surface area contributed by atoms with Crippen molar-refractivity contribution in [3.05, 3.63) is 5.15 Å². The average molecular weight is 345 g/mol. The van der Waals surface area contributed by atoms with Gasteiger partial charge in [0, 0.05) is 19.6 Å². The molecule has 3 N–H and O–H groups in total. The lowest BCUT2D eigenvalue weighted by Crippen LogP contribution is -2.58. The molecule has 0 unspecified atom stereocenters. The third-order valence-electron chi connectivity index (χ3n) is 3.26. The maximum atomic E-state index is 12.2. The summed E-state index contributed by atoms with van der Waals surface area (Å²) in [5, 5.41) is 17.3. The first-order valence-corrected chi connectivity index (χ1v) is 7.60. The number of amides is 1. The van der Waals surface area contributed by atoms with Gasteiger partial charge in [0.1, 0.15) is 5.60 Å². The molecule has 128 valence electrons. The van der Waals surface area contributed by atoms with E-state index in [0.29, 0.717) is 25.6 Å². The van der Waals surface area contributed by atoms with E-state index in [0.717, 1.165) is 0 Å². The molecule has 1 aromatic heterocycles. The Kier molecular flexibility index (Phi) is 5.10. The van der Waals surface area contributed by atoms with Gasteiger partial charge in [-0.2, -0.15) is 4.98 Å². The summed E-state index contributed by atoms with van der Waals surface area (Å²) in [5.41, 5.74) is 5.04. The minimum Gasteiger partial charge on any atom is -0.444 e. The highest BCUT2D eigenvalue weighted by Gasteiger charge is 2.34. The molecular formula is C13H21ClN6O3. The second-order valence-corrected chi connectivity index (χ2v) is 6.60. The number of ether oxygens (including phenoxy) is 1. The highest BCUT2D eigenvalue weighted by molar-refractivity contribution is 6.31. The molecule has 10 heteroatoms. The van der Waals surface area contributed by atoms with Crippen LogP contribution in [0, 0.1) is 0 Å². The number of hydrogen-bond acceptors (Lipinski definition) is 8. The van der Waals surface area contributed by atoms with E-state index < -0.39 is 17.7 Å². The van der Waals surface area contributed by atoms with Crippen LogP contribution in [-0.4, -0.2) is 69.2 Å². The maximum Gasteiger partial charge on any atom is 0.410 e. The molecule has 1 saturated heterocycles. The highest BCUT2D eigenvalue weighted by atomic mass is 35.5. The van der Waals surface area contributed by atoms with Crippen molar-refractivity contribution >= 4 is 29.5 Å². The second-order valence-electron chi connectivity index (χ2n) is 6.24. The van der Waals surface area contributed by atoms with E-state index in [2.05, 4.69) is 15.2 Å². The van der Waals surface area contributed by atoms with Crippen LogP contribution in [0.2, 0.25) is 5.15 Å². The molecule has 9 nitrogen and oxygen atoms in total. The topological polar surface area (TPSA) is 118 Å². The van der Waals surface area contributed by atoms with Crippen LogP contribution in [0.3, 0.4) is 0 Å². The first-order valence-electron chi connectivity index (χ1n) is 7.22. The van der Waals surface area contributed by atoms with Gasteiger partial charge in [-0.1, -0.05) is 11.6 Å². The fraction of sp³-hybridized carbons (Fsp3) is 0.692. The molecule has 0 aliphatic carbocycles. The van der Waals surface area contributed by atoms with Crippen LogP contribution in [0.25, 0.3) is 0 Å². The van der Waals surface area contributed by atoms with Crippen molar-refractivity contribution in [3.8, 4) is 0 Å². The third kappa shape index (κ3) is 4.32. The van der Waals surface area contributed by atoms with Crippen molar-refractivity contribution in [1.29, 1.82) is 0 Å². The Morgan fingerprint density at radius 1 is 1.43 bits per heavy atom. The van der Waals surface area contributed by atoms with Gasteiger partial charge in [0.2, 0.25) is 5.95 Å². The van der Waals surface area contributed by atoms with Gasteiger partial charge >= 0.3 is 6.09 Å². The number of aliphatic hydroxyl groups excluding tert-OH is 1. The maximum absolute atomic E-state index is 12.2. The second kappa shape index (κ2) is 6.71. The standard InChI is InChI=1S/C13H21ClN6O3/c1-13(2,3)23-12(22)20-5-4-19(6-8(20)7-21)11-16-10(15)9(14)17-18-11/h8,21H,4-7H2,1-3H3,(H2,15,16,18)/t8-/m0/s1. The van der Waals surface area contributed by atoms with E-state index in [4.69, 9.17) is 22.1 Å². The quantitative estimate of drug-likeness (QED) is 0.797. The zero-order chi connectivity index (χ0) is 17.2. The van der Waals surface area contributed by atoms with Crippen molar-refractivity contribution in [2.24, 2.45) is 0 Å². The van der Waals surface area contributed by atoms with Gasteiger partial charge in [-0.05, 0) is 20.8 Å². The largest absolute Gasteiger partial charge is 0.444 e. The lowest BCUT2D eigenvalue weighted by atomic mass is 10.2. The Morgan fingerprint density at radius 2 is 2.13 bits per heavy atom. The van der Waals surface area contributed by atoms with Crippen molar-refractivity contribution < 1.29 is 14.6 Å². The number of piperazine rings is 1. The van der Waals surface area contributed by atoms with Gasteiger partial charge in [0.25, 0.3) is 0 Å². The molecule has 2 heterocycles. The average Bonchev–Trinajstić information content (AvgIpc) is 2.47. The van der Waals surface area contributed by atoms with Crippen LogP contribution in [0.5, 0.6) is 0 Å². The summed E-state index contributed by atoms with van der Waals surface area (Å²) in [6.45, 7) is 6.37. The Hall–Kier alpha value is -1.87.